The van der Waals surface area contributed by atoms with E-state index in [4.69, 9.17) is 0 Å². The average molecular weight is 322 g/mol. The van der Waals surface area contributed by atoms with Gasteiger partial charge in [0.1, 0.15) is 35.6 Å². The Bertz CT molecular complexity index is 276. The van der Waals surface area contributed by atoms with Crippen LogP contribution in [0.2, 0.25) is 0 Å². The lowest BCUT2D eigenvalue weighted by atomic mass is 9.93. The van der Waals surface area contributed by atoms with E-state index in [1.165, 1.54) is 0 Å². The Morgan fingerprint density at radius 2 is 1.05 bits per heavy atom. The molecule has 0 saturated carbocycles. The van der Waals surface area contributed by atoms with Crippen LogP contribution >= 0.6 is 0 Å². The minimum absolute atomic E-state index is 0.392. The first kappa shape index (κ1) is 20.0. The summed E-state index contributed by atoms with van der Waals surface area (Å²) in [5.74, 6) is 1.71. The van der Waals surface area contributed by atoms with E-state index in [0.717, 1.165) is 12.6 Å². The highest BCUT2D eigenvalue weighted by atomic mass is 32.2. The quantitative estimate of drug-likeness (QED) is 0.428. The molecule has 0 rings (SSSR count). The summed E-state index contributed by atoms with van der Waals surface area (Å²) < 4.78 is 23.5. The van der Waals surface area contributed by atoms with Gasteiger partial charge in [-0.05, 0) is 22.4 Å². The van der Waals surface area contributed by atoms with Crippen LogP contribution in [0.1, 0.15) is 40.5 Å². The van der Waals surface area contributed by atoms with Crippen LogP contribution < -0.4 is 0 Å². The van der Waals surface area contributed by atoms with Crippen LogP contribution in [0.3, 0.4) is 0 Å². The summed E-state index contributed by atoms with van der Waals surface area (Å²) in [7, 11) is 0. The number of hydrogen-bond donors (Lipinski definition) is 0. The first-order chi connectivity index (χ1) is 9.12. The van der Waals surface area contributed by atoms with Crippen molar-refractivity contribution in [3.05, 3.63) is 0 Å². The highest BCUT2D eigenvalue weighted by Crippen LogP contribution is 2.19. The van der Waals surface area contributed by atoms with Gasteiger partial charge in [0.05, 0.1) is 0 Å². The fourth-order valence-electron chi connectivity index (χ4n) is 1.26. The minimum atomic E-state index is -1.04. The van der Waals surface area contributed by atoms with Crippen LogP contribution in [0.5, 0.6) is 0 Å². The van der Waals surface area contributed by atoms with E-state index < -0.39 is 33.2 Å². The predicted octanol–water partition coefficient (Wildman–Crippen LogP) is 1.71. The highest BCUT2D eigenvalue weighted by molar-refractivity contribution is 7.95. The maximum atomic E-state index is 11.8. The molecule has 0 amide bonds. The third-order valence-corrected chi connectivity index (χ3v) is 6.02. The Balaban J connectivity index is 3.86. The summed E-state index contributed by atoms with van der Waals surface area (Å²) in [5.41, 5.74) is -0.883. The second-order valence-electron chi connectivity index (χ2n) is 6.41. The molecule has 0 aliphatic carbocycles. The molecule has 0 N–H and O–H groups in total. The largest absolute Gasteiger partial charge is 0.616 e. The SMILES string of the molecule is CC(C)(C=O)CC[S+]([O-])CC[S+]([O-])CCC(C)(C)C=O. The molecule has 0 aromatic carbocycles. The van der Waals surface area contributed by atoms with Crippen LogP contribution in [-0.4, -0.2) is 44.7 Å². The smallest absolute Gasteiger partial charge is 0.149 e. The molecule has 2 unspecified atom stereocenters. The van der Waals surface area contributed by atoms with Crippen molar-refractivity contribution in [1.82, 2.24) is 0 Å². The van der Waals surface area contributed by atoms with Gasteiger partial charge in [-0.15, -0.1) is 0 Å². The van der Waals surface area contributed by atoms with Crippen LogP contribution in [-0.2, 0) is 31.9 Å². The zero-order valence-electron chi connectivity index (χ0n) is 12.8. The van der Waals surface area contributed by atoms with E-state index in [9.17, 15) is 18.7 Å². The van der Waals surface area contributed by atoms with Crippen LogP contribution in [0.15, 0.2) is 0 Å². The summed E-state index contributed by atoms with van der Waals surface area (Å²) >= 11 is -2.07. The molecule has 0 aromatic rings. The van der Waals surface area contributed by atoms with Crippen molar-refractivity contribution in [2.45, 2.75) is 40.5 Å². The van der Waals surface area contributed by atoms with Crippen molar-refractivity contribution in [2.24, 2.45) is 10.8 Å². The van der Waals surface area contributed by atoms with Gasteiger partial charge in [-0.3, -0.25) is 0 Å². The Morgan fingerprint density at radius 3 is 1.30 bits per heavy atom. The molecule has 4 nitrogen and oxygen atoms in total. The fraction of sp³-hybridized carbons (Fsp3) is 0.857. The van der Waals surface area contributed by atoms with E-state index in [1.807, 2.05) is 27.7 Å². The number of rotatable bonds is 11. The summed E-state index contributed by atoms with van der Waals surface area (Å²) in [6.07, 6.45) is 2.91. The summed E-state index contributed by atoms with van der Waals surface area (Å²) in [6.45, 7) is 7.27. The zero-order valence-corrected chi connectivity index (χ0v) is 14.5. The summed E-state index contributed by atoms with van der Waals surface area (Å²) in [4.78, 5) is 21.5. The molecule has 20 heavy (non-hydrogen) atoms. The van der Waals surface area contributed by atoms with Crippen molar-refractivity contribution < 1.29 is 18.7 Å². The van der Waals surface area contributed by atoms with Crippen molar-refractivity contribution in [2.75, 3.05) is 23.0 Å². The molecule has 0 aromatic heterocycles. The van der Waals surface area contributed by atoms with Gasteiger partial charge in [0, 0.05) is 23.7 Å². The molecule has 118 valence electrons. The van der Waals surface area contributed by atoms with Gasteiger partial charge in [-0.2, -0.15) is 0 Å². The first-order valence-corrected chi connectivity index (χ1v) is 9.72. The normalized spacial score (nSPS) is 15.7. The number of aldehydes is 2. The first-order valence-electron chi connectivity index (χ1n) is 6.74. The molecule has 0 saturated heterocycles. The lowest BCUT2D eigenvalue weighted by molar-refractivity contribution is -0.115. The van der Waals surface area contributed by atoms with Gasteiger partial charge >= 0.3 is 0 Å². The second-order valence-corrected chi connectivity index (χ2v) is 9.80. The standard InChI is InChI=1S/C14H26O4S2/c1-13(2,11-15)5-7-19(17)9-10-20(18)8-6-14(3,4)12-16/h11-12H,5-10H2,1-4H3. The predicted molar refractivity (Wildman–Crippen MR) is 84.7 cm³/mol. The van der Waals surface area contributed by atoms with Gasteiger partial charge < -0.3 is 18.7 Å². The molecule has 0 fully saturated rings. The van der Waals surface area contributed by atoms with E-state index in [-0.39, 0.29) is 0 Å². The average Bonchev–Trinajstić information content (AvgIpc) is 2.40. The molecule has 0 aliphatic heterocycles. The molecule has 2 atom stereocenters. The lowest BCUT2D eigenvalue weighted by Gasteiger charge is -2.20. The van der Waals surface area contributed by atoms with Gasteiger partial charge in [0.15, 0.2) is 0 Å². The number of carbonyl (C=O) groups excluding carboxylic acids is 2. The van der Waals surface area contributed by atoms with Crippen molar-refractivity contribution >= 4 is 34.9 Å². The maximum absolute atomic E-state index is 11.8. The van der Waals surface area contributed by atoms with Crippen molar-refractivity contribution in [1.29, 1.82) is 0 Å². The monoisotopic (exact) mass is 322 g/mol. The third-order valence-electron chi connectivity index (χ3n) is 3.12. The second kappa shape index (κ2) is 9.07. The minimum Gasteiger partial charge on any atom is -0.616 e. The molecule has 0 radical (unpaired) electrons. The maximum Gasteiger partial charge on any atom is 0.149 e. The van der Waals surface area contributed by atoms with E-state index in [1.54, 1.807) is 0 Å². The van der Waals surface area contributed by atoms with Crippen LogP contribution in [0, 0.1) is 10.8 Å². The van der Waals surface area contributed by atoms with E-state index in [0.29, 0.717) is 35.9 Å². The Hall–Kier alpha value is -0.0400. The fourth-order valence-corrected chi connectivity index (χ4v) is 4.66. The van der Waals surface area contributed by atoms with Crippen molar-refractivity contribution in [3.63, 3.8) is 0 Å². The van der Waals surface area contributed by atoms with E-state index >= 15 is 0 Å². The summed E-state index contributed by atoms with van der Waals surface area (Å²) in [6, 6.07) is 0. The van der Waals surface area contributed by atoms with Crippen LogP contribution in [0.4, 0.5) is 0 Å². The third kappa shape index (κ3) is 9.80. The molecular weight excluding hydrogens is 296 g/mol. The van der Waals surface area contributed by atoms with E-state index in [2.05, 4.69) is 0 Å². The molecular formula is C14H26O4S2. The molecule has 0 heterocycles. The van der Waals surface area contributed by atoms with Gasteiger partial charge in [0.2, 0.25) is 0 Å². The highest BCUT2D eigenvalue weighted by Gasteiger charge is 2.23. The Labute approximate surface area is 128 Å². The van der Waals surface area contributed by atoms with Crippen LogP contribution in [0.25, 0.3) is 0 Å². The molecule has 0 bridgehead atoms. The lowest BCUT2D eigenvalue weighted by Crippen LogP contribution is -2.26. The molecule has 0 spiro atoms. The van der Waals surface area contributed by atoms with Crippen molar-refractivity contribution in [3.8, 4) is 0 Å². The molecule has 0 aliphatic rings. The summed E-state index contributed by atoms with van der Waals surface area (Å²) in [5, 5.41) is 0. The van der Waals surface area contributed by atoms with Gasteiger partial charge in [0.25, 0.3) is 0 Å². The Morgan fingerprint density at radius 1 is 0.750 bits per heavy atom. The zero-order chi connectivity index (χ0) is 15.8. The Kier molecular flexibility index (Phi) is 9.06. The van der Waals surface area contributed by atoms with Gasteiger partial charge in [-0.1, -0.05) is 27.7 Å². The number of carbonyl (C=O) groups is 2. The number of hydrogen-bond acceptors (Lipinski definition) is 4. The molecule has 6 heteroatoms. The van der Waals surface area contributed by atoms with Gasteiger partial charge in [-0.25, -0.2) is 0 Å². The topological polar surface area (TPSA) is 80.3 Å².